The molecule has 4 rings (SSSR count). The van der Waals surface area contributed by atoms with Crippen molar-refractivity contribution in [2.24, 2.45) is 0 Å². The normalized spacial score (nSPS) is 10.6. The number of aromatic nitrogens is 3. The number of pyridine rings is 1. The minimum absolute atomic E-state index is 0.0794. The first-order chi connectivity index (χ1) is 15.8. The molecule has 0 aliphatic heterocycles. The van der Waals surface area contributed by atoms with Crippen molar-refractivity contribution in [3.05, 3.63) is 100 Å². The predicted molar refractivity (Wildman–Crippen MR) is 118 cm³/mol. The fourth-order valence-corrected chi connectivity index (χ4v) is 2.97. The lowest BCUT2D eigenvalue weighted by Crippen LogP contribution is -2.29. The Kier molecular flexibility index (Phi) is 5.81. The molecule has 0 spiro atoms. The maximum atomic E-state index is 14.6. The lowest BCUT2D eigenvalue weighted by atomic mass is 10.2. The first-order valence-corrected chi connectivity index (χ1v) is 9.67. The monoisotopic (exact) mass is 449 g/mol. The molecule has 166 valence electrons. The number of ether oxygens (including phenoxy) is 1. The van der Waals surface area contributed by atoms with Crippen LogP contribution in [0.4, 0.5) is 20.3 Å². The van der Waals surface area contributed by atoms with Crippen molar-refractivity contribution in [1.82, 2.24) is 14.8 Å². The van der Waals surface area contributed by atoms with Crippen LogP contribution in [-0.4, -0.2) is 20.7 Å². The van der Waals surface area contributed by atoms with E-state index in [9.17, 15) is 18.4 Å². The quantitative estimate of drug-likeness (QED) is 0.479. The standard InChI is InChI=1S/C23H17F2N5O3/c1-13-19(9-10-27-21(13)26)33-20-7-4-15(12-18(20)25)29-22(31)17-8-11-28-30(23(17)32)16-5-2-14(24)3-6-16/h2-12H,1H3,(H2,26,27)(H,29,31). The summed E-state index contributed by atoms with van der Waals surface area (Å²) in [6.07, 6.45) is 2.71. The van der Waals surface area contributed by atoms with Crippen LogP contribution in [0.25, 0.3) is 5.69 Å². The van der Waals surface area contributed by atoms with Crippen LogP contribution in [0.3, 0.4) is 0 Å². The fourth-order valence-electron chi connectivity index (χ4n) is 2.97. The number of carbonyl (C=O) groups excluding carboxylic acids is 1. The second kappa shape index (κ2) is 8.87. The number of amides is 1. The van der Waals surface area contributed by atoms with Gasteiger partial charge in [0.1, 0.15) is 22.9 Å². The molecular weight excluding hydrogens is 432 g/mol. The molecule has 0 atom stereocenters. The van der Waals surface area contributed by atoms with Gasteiger partial charge in [0.15, 0.2) is 11.6 Å². The molecule has 33 heavy (non-hydrogen) atoms. The second-order valence-electron chi connectivity index (χ2n) is 6.96. The van der Waals surface area contributed by atoms with E-state index in [0.717, 1.165) is 10.7 Å². The number of nitrogen functional groups attached to an aromatic ring is 1. The first-order valence-electron chi connectivity index (χ1n) is 9.67. The van der Waals surface area contributed by atoms with E-state index >= 15 is 0 Å². The van der Waals surface area contributed by atoms with Crippen molar-refractivity contribution < 1.29 is 18.3 Å². The van der Waals surface area contributed by atoms with Crippen molar-refractivity contribution in [3.63, 3.8) is 0 Å². The van der Waals surface area contributed by atoms with Gasteiger partial charge in [-0.2, -0.15) is 9.78 Å². The Morgan fingerprint density at radius 3 is 2.52 bits per heavy atom. The van der Waals surface area contributed by atoms with E-state index in [2.05, 4.69) is 15.4 Å². The summed E-state index contributed by atoms with van der Waals surface area (Å²) in [4.78, 5) is 29.3. The number of rotatable bonds is 5. The van der Waals surface area contributed by atoms with Crippen molar-refractivity contribution >= 4 is 17.4 Å². The third-order valence-electron chi connectivity index (χ3n) is 4.76. The molecule has 0 saturated heterocycles. The van der Waals surface area contributed by atoms with Gasteiger partial charge in [-0.3, -0.25) is 9.59 Å². The highest BCUT2D eigenvalue weighted by molar-refractivity contribution is 6.04. The topological polar surface area (TPSA) is 112 Å². The van der Waals surface area contributed by atoms with Crippen LogP contribution >= 0.6 is 0 Å². The molecule has 4 aromatic rings. The number of halogens is 2. The van der Waals surface area contributed by atoms with Gasteiger partial charge in [-0.15, -0.1) is 0 Å². The van der Waals surface area contributed by atoms with Gasteiger partial charge < -0.3 is 15.8 Å². The molecule has 8 nitrogen and oxygen atoms in total. The minimum Gasteiger partial charge on any atom is -0.454 e. The lowest BCUT2D eigenvalue weighted by molar-refractivity contribution is 0.102. The zero-order valence-electron chi connectivity index (χ0n) is 17.3. The highest BCUT2D eigenvalue weighted by Gasteiger charge is 2.16. The molecule has 0 saturated carbocycles. The molecule has 0 unspecified atom stereocenters. The van der Waals surface area contributed by atoms with Crippen LogP contribution in [0, 0.1) is 18.6 Å². The van der Waals surface area contributed by atoms with E-state index in [1.54, 1.807) is 13.0 Å². The second-order valence-corrected chi connectivity index (χ2v) is 6.96. The number of nitrogens with one attached hydrogen (secondary N) is 1. The van der Waals surface area contributed by atoms with Gasteiger partial charge in [0.25, 0.3) is 11.5 Å². The van der Waals surface area contributed by atoms with Crippen LogP contribution in [0.15, 0.2) is 71.8 Å². The summed E-state index contributed by atoms with van der Waals surface area (Å²) >= 11 is 0. The van der Waals surface area contributed by atoms with Gasteiger partial charge >= 0.3 is 0 Å². The minimum atomic E-state index is -0.760. The van der Waals surface area contributed by atoms with Gasteiger partial charge in [-0.05, 0) is 55.5 Å². The predicted octanol–water partition coefficient (Wildman–Crippen LogP) is 3.84. The van der Waals surface area contributed by atoms with Crippen LogP contribution in [-0.2, 0) is 0 Å². The smallest absolute Gasteiger partial charge is 0.284 e. The molecule has 0 fully saturated rings. The molecule has 2 aromatic heterocycles. The zero-order chi connectivity index (χ0) is 23.5. The Morgan fingerprint density at radius 2 is 1.79 bits per heavy atom. The molecule has 0 radical (unpaired) electrons. The van der Waals surface area contributed by atoms with E-state index in [1.165, 1.54) is 54.9 Å². The average Bonchev–Trinajstić information content (AvgIpc) is 2.79. The largest absolute Gasteiger partial charge is 0.454 e. The average molecular weight is 449 g/mol. The number of nitrogens with zero attached hydrogens (tertiary/aromatic N) is 3. The Hall–Kier alpha value is -4.60. The van der Waals surface area contributed by atoms with E-state index in [0.29, 0.717) is 11.3 Å². The number of hydrogen-bond donors (Lipinski definition) is 2. The molecule has 3 N–H and O–H groups in total. The van der Waals surface area contributed by atoms with Crippen molar-refractivity contribution in [1.29, 1.82) is 0 Å². The number of nitrogens with two attached hydrogens (primary N) is 1. The van der Waals surface area contributed by atoms with Gasteiger partial charge in [-0.1, -0.05) is 0 Å². The molecule has 0 aliphatic rings. The number of carbonyl (C=O) groups is 1. The third-order valence-corrected chi connectivity index (χ3v) is 4.76. The molecule has 2 heterocycles. The van der Waals surface area contributed by atoms with Crippen LogP contribution in [0.1, 0.15) is 15.9 Å². The first kappa shape index (κ1) is 21.6. The summed E-state index contributed by atoms with van der Waals surface area (Å²) in [5, 5.41) is 6.39. The Balaban J connectivity index is 1.55. The number of hydrogen-bond acceptors (Lipinski definition) is 6. The summed E-state index contributed by atoms with van der Waals surface area (Å²) in [7, 11) is 0. The fraction of sp³-hybridized carbons (Fsp3) is 0.0435. The zero-order valence-corrected chi connectivity index (χ0v) is 17.3. The highest BCUT2D eigenvalue weighted by Crippen LogP contribution is 2.30. The van der Waals surface area contributed by atoms with Crippen molar-refractivity contribution in [3.8, 4) is 17.2 Å². The van der Waals surface area contributed by atoms with Gasteiger partial charge in [0.2, 0.25) is 0 Å². The Bertz CT molecular complexity index is 1400. The summed E-state index contributed by atoms with van der Waals surface area (Å²) in [6.45, 7) is 1.69. The molecular formula is C23H17F2N5O3. The summed E-state index contributed by atoms with van der Waals surface area (Å²) < 4.78 is 34.3. The number of benzene rings is 2. The van der Waals surface area contributed by atoms with Crippen LogP contribution in [0.2, 0.25) is 0 Å². The molecule has 10 heteroatoms. The van der Waals surface area contributed by atoms with Gasteiger partial charge in [-0.25, -0.2) is 13.8 Å². The summed E-state index contributed by atoms with van der Waals surface area (Å²) in [6, 6.07) is 11.7. The maximum Gasteiger partial charge on any atom is 0.284 e. The molecule has 0 bridgehead atoms. The maximum absolute atomic E-state index is 14.6. The molecule has 2 aromatic carbocycles. The summed E-state index contributed by atoms with van der Waals surface area (Å²) in [5.41, 5.74) is 5.75. The van der Waals surface area contributed by atoms with E-state index in [1.807, 2.05) is 0 Å². The van der Waals surface area contributed by atoms with Crippen molar-refractivity contribution in [2.45, 2.75) is 6.92 Å². The molecule has 0 aliphatic carbocycles. The third kappa shape index (κ3) is 4.54. The van der Waals surface area contributed by atoms with Gasteiger partial charge in [0.05, 0.1) is 5.69 Å². The Labute approximate surface area is 186 Å². The van der Waals surface area contributed by atoms with E-state index in [-0.39, 0.29) is 28.5 Å². The Morgan fingerprint density at radius 1 is 1.03 bits per heavy atom. The van der Waals surface area contributed by atoms with Crippen LogP contribution in [0.5, 0.6) is 11.5 Å². The lowest BCUT2D eigenvalue weighted by Gasteiger charge is -2.12. The van der Waals surface area contributed by atoms with E-state index in [4.69, 9.17) is 10.5 Å². The SMILES string of the molecule is Cc1c(Oc2ccc(NC(=O)c3ccnn(-c4ccc(F)cc4)c3=O)cc2F)ccnc1N. The molecule has 1 amide bonds. The van der Waals surface area contributed by atoms with Crippen LogP contribution < -0.4 is 21.3 Å². The van der Waals surface area contributed by atoms with E-state index < -0.39 is 23.1 Å². The highest BCUT2D eigenvalue weighted by atomic mass is 19.1. The van der Waals surface area contributed by atoms with Gasteiger partial charge in [0, 0.05) is 29.7 Å². The summed E-state index contributed by atoms with van der Waals surface area (Å²) in [5.74, 6) is -1.44. The van der Waals surface area contributed by atoms with Crippen molar-refractivity contribution in [2.75, 3.05) is 11.1 Å². The number of anilines is 2.